The van der Waals surface area contributed by atoms with E-state index < -0.39 is 11.5 Å². The second kappa shape index (κ2) is 9.62. The van der Waals surface area contributed by atoms with Crippen molar-refractivity contribution in [3.05, 3.63) is 40.7 Å². The van der Waals surface area contributed by atoms with Crippen LogP contribution < -0.4 is 21.1 Å². The summed E-state index contributed by atoms with van der Waals surface area (Å²) in [6, 6.07) is 5.18. The first-order valence-electron chi connectivity index (χ1n) is 12.6. The second-order valence-corrected chi connectivity index (χ2v) is 11.2. The molecular formula is C25H34FN9O3. The molecule has 2 aromatic heterocycles. The van der Waals surface area contributed by atoms with Crippen molar-refractivity contribution in [1.29, 1.82) is 0 Å². The molecule has 1 aromatic carbocycles. The zero-order valence-corrected chi connectivity index (χ0v) is 22.5. The van der Waals surface area contributed by atoms with Crippen molar-refractivity contribution in [2.45, 2.75) is 63.8 Å². The van der Waals surface area contributed by atoms with Crippen LogP contribution in [0.3, 0.4) is 0 Å². The molecule has 0 radical (unpaired) electrons. The van der Waals surface area contributed by atoms with Crippen LogP contribution in [0.25, 0.3) is 5.69 Å². The molecule has 204 valence electrons. The first-order valence-corrected chi connectivity index (χ1v) is 12.6. The van der Waals surface area contributed by atoms with Crippen molar-refractivity contribution >= 4 is 17.5 Å². The second-order valence-electron chi connectivity index (χ2n) is 11.2. The minimum Gasteiger partial charge on any atom is -0.485 e. The summed E-state index contributed by atoms with van der Waals surface area (Å²) in [5.74, 6) is 0.307. The van der Waals surface area contributed by atoms with Crippen LogP contribution >= 0.6 is 0 Å². The topological polar surface area (TPSA) is 124 Å². The number of anilines is 3. The molecule has 2 saturated heterocycles. The number of hydrogen-bond acceptors (Lipinski definition) is 10. The van der Waals surface area contributed by atoms with Gasteiger partial charge in [-0.1, -0.05) is 0 Å². The number of halogens is 1. The molecule has 0 amide bonds. The van der Waals surface area contributed by atoms with Crippen LogP contribution in [0, 0.1) is 5.82 Å². The fourth-order valence-electron chi connectivity index (χ4n) is 5.12. The standard InChI is InChI=1S/C25H34FN9O3/c1-24(2)10-16(11-25(3,4)34(24)6)28-21-20(26)12-27-22(30-21)29-15-7-17(35-23(36)33(5)31-32-35)9-18(8-15)38-19-13-37-14-19/h7-9,12,16,19H,10-11,13-14H2,1-6H3,(H2,27,28,29,30). The lowest BCUT2D eigenvalue weighted by Crippen LogP contribution is -2.61. The molecule has 12 nitrogen and oxygen atoms in total. The van der Waals surface area contributed by atoms with E-state index in [1.165, 1.54) is 7.05 Å². The molecule has 13 heteroatoms. The molecule has 0 aliphatic carbocycles. The number of piperidine rings is 1. The van der Waals surface area contributed by atoms with Crippen molar-refractivity contribution in [3.8, 4) is 11.4 Å². The Hall–Kier alpha value is -3.58. The lowest BCUT2D eigenvalue weighted by Gasteiger charge is -2.53. The average molecular weight is 528 g/mol. The van der Waals surface area contributed by atoms with E-state index >= 15 is 0 Å². The largest absolute Gasteiger partial charge is 0.485 e. The van der Waals surface area contributed by atoms with Gasteiger partial charge in [-0.05, 0) is 64.1 Å². The fourth-order valence-corrected chi connectivity index (χ4v) is 5.12. The molecule has 0 bridgehead atoms. The predicted octanol–water partition coefficient (Wildman–Crippen LogP) is 2.48. The number of hydrogen-bond donors (Lipinski definition) is 2. The fraction of sp³-hybridized carbons (Fsp3) is 0.560. The van der Waals surface area contributed by atoms with Crippen LogP contribution in [0.4, 0.5) is 21.8 Å². The van der Waals surface area contributed by atoms with Crippen LogP contribution in [-0.4, -0.2) is 78.1 Å². The Bertz CT molecular complexity index is 1360. The maximum atomic E-state index is 14.8. The third-order valence-corrected chi connectivity index (χ3v) is 7.42. The van der Waals surface area contributed by atoms with Crippen molar-refractivity contribution < 1.29 is 13.9 Å². The Balaban J connectivity index is 1.41. The third-order valence-electron chi connectivity index (χ3n) is 7.42. The van der Waals surface area contributed by atoms with Crippen LogP contribution in [0.15, 0.2) is 29.2 Å². The van der Waals surface area contributed by atoms with Gasteiger partial charge in [-0.2, -0.15) is 14.3 Å². The van der Waals surface area contributed by atoms with Gasteiger partial charge >= 0.3 is 5.69 Å². The van der Waals surface area contributed by atoms with Crippen LogP contribution in [-0.2, 0) is 11.8 Å². The van der Waals surface area contributed by atoms with E-state index in [9.17, 15) is 9.18 Å². The first kappa shape index (κ1) is 26.0. The van der Waals surface area contributed by atoms with E-state index in [0.29, 0.717) is 30.3 Å². The van der Waals surface area contributed by atoms with Gasteiger partial charge < -0.3 is 20.1 Å². The minimum absolute atomic E-state index is 0.0324. The molecule has 0 unspecified atom stereocenters. The maximum Gasteiger partial charge on any atom is 0.368 e. The number of benzene rings is 1. The Kier molecular flexibility index (Phi) is 6.59. The predicted molar refractivity (Wildman–Crippen MR) is 140 cm³/mol. The first-order chi connectivity index (χ1) is 17.9. The molecule has 4 heterocycles. The molecule has 2 fully saturated rings. The quantitative estimate of drug-likeness (QED) is 0.474. The molecule has 0 atom stereocenters. The Labute approximate surface area is 220 Å². The number of rotatable bonds is 7. The number of likely N-dealkylation sites (tertiary alicyclic amines) is 1. The molecule has 2 aliphatic rings. The van der Waals surface area contributed by atoms with Gasteiger partial charge in [0.05, 0.1) is 25.1 Å². The van der Waals surface area contributed by atoms with E-state index in [4.69, 9.17) is 9.47 Å². The van der Waals surface area contributed by atoms with Gasteiger partial charge in [-0.25, -0.2) is 14.2 Å². The SMILES string of the molecule is CN1C(C)(C)CC(Nc2nc(Nc3cc(OC4COC4)cc(-n4nnn(C)c4=O)c3)ncc2F)CC1(C)C. The maximum absolute atomic E-state index is 14.8. The van der Waals surface area contributed by atoms with Crippen LogP contribution in [0.1, 0.15) is 40.5 Å². The van der Waals surface area contributed by atoms with Gasteiger partial charge in [-0.3, -0.25) is 4.90 Å². The third kappa shape index (κ3) is 5.20. The molecule has 2 aliphatic heterocycles. The average Bonchev–Trinajstić information content (AvgIpc) is 3.14. The summed E-state index contributed by atoms with van der Waals surface area (Å²) in [4.78, 5) is 23.4. The summed E-state index contributed by atoms with van der Waals surface area (Å²) in [6.45, 7) is 9.73. The van der Waals surface area contributed by atoms with E-state index in [-0.39, 0.29) is 35.0 Å². The molecule has 3 aromatic rings. The highest BCUT2D eigenvalue weighted by molar-refractivity contribution is 5.62. The van der Waals surface area contributed by atoms with Crippen molar-refractivity contribution in [1.82, 2.24) is 34.7 Å². The highest BCUT2D eigenvalue weighted by Gasteiger charge is 2.43. The Morgan fingerprint density at radius 1 is 1.08 bits per heavy atom. The minimum atomic E-state index is -0.529. The van der Waals surface area contributed by atoms with Crippen LogP contribution in [0.5, 0.6) is 5.75 Å². The van der Waals surface area contributed by atoms with E-state index in [1.807, 2.05) is 0 Å². The molecule has 0 saturated carbocycles. The lowest BCUT2D eigenvalue weighted by atomic mass is 9.77. The number of nitrogens with one attached hydrogen (secondary N) is 2. The smallest absolute Gasteiger partial charge is 0.368 e. The molecule has 0 spiro atoms. The van der Waals surface area contributed by atoms with Gasteiger partial charge in [0.25, 0.3) is 0 Å². The van der Waals surface area contributed by atoms with Gasteiger partial charge in [0.15, 0.2) is 11.6 Å². The summed E-state index contributed by atoms with van der Waals surface area (Å²) in [5.41, 5.74) is 0.442. The molecular weight excluding hydrogens is 493 g/mol. The zero-order chi connectivity index (χ0) is 27.2. The van der Waals surface area contributed by atoms with Gasteiger partial charge in [0, 0.05) is 42.0 Å². The lowest BCUT2D eigenvalue weighted by molar-refractivity contribution is -0.0796. The number of ether oxygens (including phenoxy) is 2. The molecule has 5 rings (SSSR count). The summed E-state index contributed by atoms with van der Waals surface area (Å²) < 4.78 is 28.3. The number of nitrogens with zero attached hydrogens (tertiary/aromatic N) is 7. The van der Waals surface area contributed by atoms with Crippen molar-refractivity contribution in [2.24, 2.45) is 7.05 Å². The normalized spacial score (nSPS) is 19.7. The van der Waals surface area contributed by atoms with Gasteiger partial charge in [0.1, 0.15) is 11.9 Å². The zero-order valence-electron chi connectivity index (χ0n) is 22.5. The van der Waals surface area contributed by atoms with Crippen molar-refractivity contribution in [2.75, 3.05) is 30.9 Å². The summed E-state index contributed by atoms with van der Waals surface area (Å²) >= 11 is 0. The van der Waals surface area contributed by atoms with E-state index in [2.05, 4.69) is 70.7 Å². The van der Waals surface area contributed by atoms with Crippen LogP contribution in [0.2, 0.25) is 0 Å². The summed E-state index contributed by atoms with van der Waals surface area (Å²) in [6.07, 6.45) is 2.72. The monoisotopic (exact) mass is 527 g/mol. The van der Waals surface area contributed by atoms with Gasteiger partial charge in [0.2, 0.25) is 5.95 Å². The number of aromatic nitrogens is 6. The number of aryl methyl sites for hydroxylation is 1. The molecule has 2 N–H and O–H groups in total. The summed E-state index contributed by atoms with van der Waals surface area (Å²) in [7, 11) is 3.65. The Morgan fingerprint density at radius 3 is 2.39 bits per heavy atom. The number of tetrazole rings is 1. The highest BCUT2D eigenvalue weighted by Crippen LogP contribution is 2.38. The summed E-state index contributed by atoms with van der Waals surface area (Å²) in [5, 5.41) is 14.1. The van der Waals surface area contributed by atoms with Crippen molar-refractivity contribution in [3.63, 3.8) is 0 Å². The van der Waals surface area contributed by atoms with E-state index in [1.54, 1.807) is 18.2 Å². The molecule has 38 heavy (non-hydrogen) atoms. The Morgan fingerprint density at radius 2 is 1.79 bits per heavy atom. The van der Waals surface area contributed by atoms with E-state index in [0.717, 1.165) is 28.4 Å². The highest BCUT2D eigenvalue weighted by atomic mass is 19.1. The van der Waals surface area contributed by atoms with Gasteiger partial charge in [-0.15, -0.1) is 0 Å².